The first-order valence-corrected chi connectivity index (χ1v) is 10.4. The molecule has 4 rings (SSSR count). The molecule has 2 amide bonds. The summed E-state index contributed by atoms with van der Waals surface area (Å²) in [5.41, 5.74) is 1.91. The number of nitrogens with zero attached hydrogens (tertiary/aromatic N) is 1. The van der Waals surface area contributed by atoms with Gasteiger partial charge in [-0.2, -0.15) is 0 Å². The van der Waals surface area contributed by atoms with Crippen molar-refractivity contribution in [3.8, 4) is 5.75 Å². The summed E-state index contributed by atoms with van der Waals surface area (Å²) in [4.78, 5) is 38.9. The quantitative estimate of drug-likeness (QED) is 0.605. The maximum atomic E-state index is 12.9. The van der Waals surface area contributed by atoms with Gasteiger partial charge in [0.05, 0.1) is 18.2 Å². The van der Waals surface area contributed by atoms with E-state index < -0.39 is 0 Å². The maximum Gasteiger partial charge on any atom is 0.310 e. The number of carbonyl (C=O) groups excluding carboxylic acids is 3. The van der Waals surface area contributed by atoms with Gasteiger partial charge in [-0.1, -0.05) is 24.3 Å². The number of nitrogens with one attached hydrogen (secondary N) is 1. The molecule has 7 heteroatoms. The Hall–Kier alpha value is -3.61. The topological polar surface area (TPSA) is 84.9 Å². The average Bonchev–Trinajstić information content (AvgIpc) is 2.80. The monoisotopic (exact) mass is 420 g/mol. The van der Waals surface area contributed by atoms with Gasteiger partial charge in [-0.3, -0.25) is 14.4 Å². The van der Waals surface area contributed by atoms with Crippen molar-refractivity contribution in [3.05, 3.63) is 65.4 Å². The second kappa shape index (κ2) is 9.04. The first kappa shape index (κ1) is 20.7. The molecule has 2 aromatic carbocycles. The minimum Gasteiger partial charge on any atom is -0.466 e. The zero-order valence-electron chi connectivity index (χ0n) is 17.3. The molecule has 0 unspecified atom stereocenters. The number of para-hydroxylation sites is 2. The number of likely N-dealkylation sites (tertiary alicyclic amines) is 1. The zero-order chi connectivity index (χ0) is 21.8. The zero-order valence-corrected chi connectivity index (χ0v) is 17.3. The van der Waals surface area contributed by atoms with Gasteiger partial charge in [0.15, 0.2) is 11.5 Å². The van der Waals surface area contributed by atoms with E-state index in [1.54, 1.807) is 54.3 Å². The highest BCUT2D eigenvalue weighted by molar-refractivity contribution is 6.08. The number of benzene rings is 2. The number of hydrogen-bond acceptors (Lipinski definition) is 5. The Morgan fingerprint density at radius 1 is 1.19 bits per heavy atom. The van der Waals surface area contributed by atoms with Crippen LogP contribution in [0.15, 0.2) is 54.3 Å². The second-order valence-corrected chi connectivity index (χ2v) is 7.53. The molecule has 1 N–H and O–H groups in total. The van der Waals surface area contributed by atoms with E-state index in [1.807, 2.05) is 12.1 Å². The van der Waals surface area contributed by atoms with E-state index in [0.29, 0.717) is 36.7 Å². The number of amides is 2. The van der Waals surface area contributed by atoms with Crippen molar-refractivity contribution < 1.29 is 23.9 Å². The van der Waals surface area contributed by atoms with Crippen molar-refractivity contribution in [2.75, 3.05) is 25.0 Å². The lowest BCUT2D eigenvalue weighted by Gasteiger charge is -2.31. The molecule has 2 heterocycles. The van der Waals surface area contributed by atoms with Crippen LogP contribution in [-0.2, 0) is 14.3 Å². The molecule has 1 atom stereocenters. The first-order chi connectivity index (χ1) is 15.0. The SMILES string of the molecule is CCOC(=O)[C@H]1CCCN(C(=O)c2ccc(/C=C3\Oc4ccccc4NC3=O)cc2)C1. The summed E-state index contributed by atoms with van der Waals surface area (Å²) >= 11 is 0. The van der Waals surface area contributed by atoms with Crippen LogP contribution in [0.25, 0.3) is 6.08 Å². The highest BCUT2D eigenvalue weighted by atomic mass is 16.5. The second-order valence-electron chi connectivity index (χ2n) is 7.53. The van der Waals surface area contributed by atoms with E-state index in [1.165, 1.54) is 0 Å². The predicted octanol–water partition coefficient (Wildman–Crippen LogP) is 3.47. The van der Waals surface area contributed by atoms with E-state index >= 15 is 0 Å². The van der Waals surface area contributed by atoms with E-state index in [4.69, 9.17) is 9.47 Å². The van der Waals surface area contributed by atoms with E-state index in [9.17, 15) is 14.4 Å². The largest absolute Gasteiger partial charge is 0.466 e. The number of rotatable bonds is 4. The highest BCUT2D eigenvalue weighted by Crippen LogP contribution is 2.30. The fourth-order valence-corrected chi connectivity index (χ4v) is 3.77. The normalized spacial score (nSPS) is 19.3. The molecule has 0 aliphatic carbocycles. The number of esters is 1. The van der Waals surface area contributed by atoms with Gasteiger partial charge in [-0.05, 0) is 55.7 Å². The van der Waals surface area contributed by atoms with Gasteiger partial charge in [-0.15, -0.1) is 0 Å². The van der Waals surface area contributed by atoms with Gasteiger partial charge in [0, 0.05) is 18.7 Å². The molecule has 1 saturated heterocycles. The van der Waals surface area contributed by atoms with Crippen LogP contribution in [0.4, 0.5) is 5.69 Å². The van der Waals surface area contributed by atoms with Crippen LogP contribution in [-0.4, -0.2) is 42.4 Å². The van der Waals surface area contributed by atoms with Crippen LogP contribution in [0.1, 0.15) is 35.7 Å². The number of fused-ring (bicyclic) bond motifs is 1. The van der Waals surface area contributed by atoms with Crippen molar-refractivity contribution >= 4 is 29.5 Å². The molecule has 0 saturated carbocycles. The fourth-order valence-electron chi connectivity index (χ4n) is 3.77. The summed E-state index contributed by atoms with van der Waals surface area (Å²) in [6.07, 6.45) is 3.14. The van der Waals surface area contributed by atoms with Gasteiger partial charge in [0.25, 0.3) is 11.8 Å². The third-order valence-electron chi connectivity index (χ3n) is 5.36. The fraction of sp³-hybridized carbons (Fsp3) is 0.292. The van der Waals surface area contributed by atoms with Gasteiger partial charge in [-0.25, -0.2) is 0 Å². The molecule has 0 bridgehead atoms. The van der Waals surface area contributed by atoms with Crippen LogP contribution >= 0.6 is 0 Å². The van der Waals surface area contributed by atoms with Crippen LogP contribution in [0.5, 0.6) is 5.75 Å². The molecule has 0 spiro atoms. The number of ether oxygens (including phenoxy) is 2. The van der Waals surface area contributed by atoms with Gasteiger partial charge in [0.2, 0.25) is 0 Å². The lowest BCUT2D eigenvalue weighted by molar-refractivity contribution is -0.149. The van der Waals surface area contributed by atoms with Crippen molar-refractivity contribution in [3.63, 3.8) is 0 Å². The van der Waals surface area contributed by atoms with Crippen molar-refractivity contribution in [2.45, 2.75) is 19.8 Å². The molecule has 2 aromatic rings. The van der Waals surface area contributed by atoms with Crippen molar-refractivity contribution in [1.82, 2.24) is 4.90 Å². The number of anilines is 1. The number of piperidine rings is 1. The van der Waals surface area contributed by atoms with Gasteiger partial charge < -0.3 is 19.7 Å². The molecule has 2 aliphatic rings. The van der Waals surface area contributed by atoms with E-state index in [2.05, 4.69) is 5.32 Å². The minimum absolute atomic E-state index is 0.117. The lowest BCUT2D eigenvalue weighted by atomic mass is 9.97. The van der Waals surface area contributed by atoms with E-state index in [-0.39, 0.29) is 29.5 Å². The molecular weight excluding hydrogens is 396 g/mol. The van der Waals surface area contributed by atoms with Crippen molar-refractivity contribution in [2.24, 2.45) is 5.92 Å². The number of hydrogen-bond donors (Lipinski definition) is 1. The minimum atomic E-state index is -0.322. The van der Waals surface area contributed by atoms with E-state index in [0.717, 1.165) is 18.4 Å². The summed E-state index contributed by atoms with van der Waals surface area (Å²) in [5.74, 6) is -0.181. The van der Waals surface area contributed by atoms with Crippen LogP contribution in [0, 0.1) is 5.92 Å². The smallest absolute Gasteiger partial charge is 0.310 e. The summed E-state index contributed by atoms with van der Waals surface area (Å²) in [6.45, 7) is 3.11. The third-order valence-corrected chi connectivity index (χ3v) is 5.36. The van der Waals surface area contributed by atoms with Gasteiger partial charge >= 0.3 is 5.97 Å². The summed E-state index contributed by atoms with van der Waals surface area (Å²) < 4.78 is 10.8. The Labute approximate surface area is 180 Å². The molecule has 31 heavy (non-hydrogen) atoms. The molecule has 7 nitrogen and oxygen atoms in total. The Morgan fingerprint density at radius 3 is 2.74 bits per heavy atom. The molecule has 1 fully saturated rings. The van der Waals surface area contributed by atoms with Crippen LogP contribution < -0.4 is 10.1 Å². The van der Waals surface area contributed by atoms with Crippen LogP contribution in [0.2, 0.25) is 0 Å². The Bertz CT molecular complexity index is 1030. The Balaban J connectivity index is 1.45. The Kier molecular flexibility index (Phi) is 6.02. The number of carbonyl (C=O) groups is 3. The maximum absolute atomic E-state index is 12.9. The first-order valence-electron chi connectivity index (χ1n) is 10.4. The highest BCUT2D eigenvalue weighted by Gasteiger charge is 2.29. The molecular formula is C24H24N2O5. The standard InChI is InChI=1S/C24H24N2O5/c1-2-30-24(29)18-6-5-13-26(15-18)23(28)17-11-9-16(10-12-17)14-21-22(27)25-19-7-3-4-8-20(19)31-21/h3-4,7-12,14,18H,2,5-6,13,15H2,1H3,(H,25,27)/b21-14-/t18-/m0/s1. The average molecular weight is 420 g/mol. The molecule has 0 radical (unpaired) electrons. The van der Waals surface area contributed by atoms with Gasteiger partial charge in [0.1, 0.15) is 0 Å². The van der Waals surface area contributed by atoms with Crippen LogP contribution in [0.3, 0.4) is 0 Å². The Morgan fingerprint density at radius 2 is 1.97 bits per heavy atom. The predicted molar refractivity (Wildman–Crippen MR) is 115 cm³/mol. The van der Waals surface area contributed by atoms with Crippen molar-refractivity contribution in [1.29, 1.82) is 0 Å². The summed E-state index contributed by atoms with van der Waals surface area (Å²) in [7, 11) is 0. The molecule has 0 aromatic heterocycles. The molecule has 160 valence electrons. The molecule has 2 aliphatic heterocycles. The summed E-state index contributed by atoms with van der Waals surface area (Å²) in [5, 5.41) is 2.79. The lowest BCUT2D eigenvalue weighted by Crippen LogP contribution is -2.42. The third kappa shape index (κ3) is 4.60. The summed E-state index contributed by atoms with van der Waals surface area (Å²) in [6, 6.07) is 14.2.